The van der Waals surface area contributed by atoms with Crippen LogP contribution in [0.15, 0.2) is 29.5 Å². The molecule has 2 aromatic heterocycles. The maximum Gasteiger partial charge on any atom is 0.408 e. The van der Waals surface area contributed by atoms with E-state index in [2.05, 4.69) is 44.5 Å². The standard InChI is InChI=1S/C22H36N6O2.HI/c1-8-23-19(25-15-22(6,7)27-20(29)30-21(3,4)5)24-12-11-17-14-28-13-9-10-16(2)18(28)26-17;/h9-10,13-14H,8,11-12,15H2,1-7H3,(H,27,29)(H2,23,24,25);1H. The normalized spacial score (nSPS) is 12.3. The highest BCUT2D eigenvalue weighted by molar-refractivity contribution is 14.0. The van der Waals surface area contributed by atoms with E-state index in [0.29, 0.717) is 19.0 Å². The number of fused-ring (bicyclic) bond motifs is 1. The summed E-state index contributed by atoms with van der Waals surface area (Å²) in [7, 11) is 0. The van der Waals surface area contributed by atoms with Crippen molar-refractivity contribution in [2.75, 3.05) is 19.6 Å². The molecule has 174 valence electrons. The van der Waals surface area contributed by atoms with Gasteiger partial charge in [-0.15, -0.1) is 24.0 Å². The van der Waals surface area contributed by atoms with Crippen LogP contribution < -0.4 is 16.0 Å². The summed E-state index contributed by atoms with van der Waals surface area (Å²) in [5.74, 6) is 0.705. The predicted octanol–water partition coefficient (Wildman–Crippen LogP) is 3.66. The Morgan fingerprint density at radius 2 is 1.94 bits per heavy atom. The number of aliphatic imine (C=N–C) groups is 1. The zero-order valence-corrected chi connectivity index (χ0v) is 22.0. The number of alkyl carbamates (subject to hydrolysis) is 1. The predicted molar refractivity (Wildman–Crippen MR) is 136 cm³/mol. The number of nitrogens with zero attached hydrogens (tertiary/aromatic N) is 3. The molecule has 0 aliphatic rings. The van der Waals surface area contributed by atoms with E-state index in [4.69, 9.17) is 9.72 Å². The number of hydrogen-bond acceptors (Lipinski definition) is 4. The highest BCUT2D eigenvalue weighted by Gasteiger charge is 2.24. The number of ether oxygens (including phenoxy) is 1. The first-order valence-corrected chi connectivity index (χ1v) is 10.5. The van der Waals surface area contributed by atoms with Crippen LogP contribution in [-0.2, 0) is 11.2 Å². The number of hydrogen-bond donors (Lipinski definition) is 3. The van der Waals surface area contributed by atoms with Crippen molar-refractivity contribution in [3.05, 3.63) is 35.8 Å². The summed E-state index contributed by atoms with van der Waals surface area (Å²) in [5.41, 5.74) is 2.11. The lowest BCUT2D eigenvalue weighted by Gasteiger charge is -2.27. The first-order chi connectivity index (χ1) is 14.0. The second-order valence-electron chi connectivity index (χ2n) is 9.04. The molecule has 0 unspecified atom stereocenters. The van der Waals surface area contributed by atoms with E-state index in [-0.39, 0.29) is 24.0 Å². The summed E-state index contributed by atoms with van der Waals surface area (Å²) in [6.45, 7) is 15.3. The second-order valence-corrected chi connectivity index (χ2v) is 9.04. The largest absolute Gasteiger partial charge is 0.444 e. The van der Waals surface area contributed by atoms with Gasteiger partial charge in [0.1, 0.15) is 11.2 Å². The molecule has 9 heteroatoms. The fourth-order valence-corrected chi connectivity index (χ4v) is 2.87. The number of aromatic nitrogens is 2. The van der Waals surface area contributed by atoms with E-state index in [0.717, 1.165) is 29.9 Å². The first-order valence-electron chi connectivity index (χ1n) is 10.5. The molecule has 31 heavy (non-hydrogen) atoms. The van der Waals surface area contributed by atoms with Crippen molar-refractivity contribution in [1.29, 1.82) is 0 Å². The average molecular weight is 544 g/mol. The number of pyridine rings is 1. The minimum atomic E-state index is -0.538. The molecule has 0 fully saturated rings. The third-order valence-electron chi connectivity index (χ3n) is 4.22. The van der Waals surface area contributed by atoms with Gasteiger partial charge in [-0.3, -0.25) is 4.99 Å². The SMILES string of the molecule is CCNC(=NCC(C)(C)NC(=O)OC(C)(C)C)NCCc1cn2cccc(C)c2n1.I. The van der Waals surface area contributed by atoms with Crippen LogP contribution in [0, 0.1) is 6.92 Å². The van der Waals surface area contributed by atoms with Crippen LogP contribution in [0.3, 0.4) is 0 Å². The Balaban J connectivity index is 0.00000480. The molecule has 3 N–H and O–H groups in total. The van der Waals surface area contributed by atoms with Crippen LogP contribution in [0.1, 0.15) is 52.8 Å². The van der Waals surface area contributed by atoms with Crippen LogP contribution >= 0.6 is 24.0 Å². The van der Waals surface area contributed by atoms with Gasteiger partial charge < -0.3 is 25.1 Å². The van der Waals surface area contributed by atoms with E-state index in [9.17, 15) is 4.79 Å². The molecular formula is C22H37IN6O2. The van der Waals surface area contributed by atoms with Crippen molar-refractivity contribution in [2.24, 2.45) is 4.99 Å². The number of guanidine groups is 1. The van der Waals surface area contributed by atoms with Crippen molar-refractivity contribution in [3.63, 3.8) is 0 Å². The number of aryl methyl sites for hydroxylation is 1. The molecule has 0 spiro atoms. The monoisotopic (exact) mass is 544 g/mol. The summed E-state index contributed by atoms with van der Waals surface area (Å²) in [6, 6.07) is 4.09. The van der Waals surface area contributed by atoms with Gasteiger partial charge in [0.2, 0.25) is 0 Å². The number of imidazole rings is 1. The van der Waals surface area contributed by atoms with Gasteiger partial charge in [-0.2, -0.15) is 0 Å². The van der Waals surface area contributed by atoms with Crippen LogP contribution in [0.2, 0.25) is 0 Å². The van der Waals surface area contributed by atoms with Gasteiger partial charge in [0.05, 0.1) is 17.8 Å². The van der Waals surface area contributed by atoms with Crippen LogP contribution in [0.5, 0.6) is 0 Å². The van der Waals surface area contributed by atoms with Gasteiger partial charge in [-0.1, -0.05) is 6.07 Å². The van der Waals surface area contributed by atoms with Gasteiger partial charge in [0, 0.05) is 31.9 Å². The molecule has 0 aromatic carbocycles. The maximum absolute atomic E-state index is 12.0. The number of rotatable bonds is 7. The third-order valence-corrected chi connectivity index (χ3v) is 4.22. The highest BCUT2D eigenvalue weighted by Crippen LogP contribution is 2.11. The van der Waals surface area contributed by atoms with Gasteiger partial charge >= 0.3 is 6.09 Å². The molecule has 0 aliphatic carbocycles. The lowest BCUT2D eigenvalue weighted by molar-refractivity contribution is 0.0476. The van der Waals surface area contributed by atoms with E-state index in [1.807, 2.05) is 53.8 Å². The van der Waals surface area contributed by atoms with E-state index in [1.54, 1.807) is 0 Å². The molecule has 0 saturated carbocycles. The Kier molecular flexibility index (Phi) is 10.1. The Labute approximate surface area is 202 Å². The van der Waals surface area contributed by atoms with Crippen molar-refractivity contribution in [1.82, 2.24) is 25.3 Å². The summed E-state index contributed by atoms with van der Waals surface area (Å²) < 4.78 is 7.39. The minimum Gasteiger partial charge on any atom is -0.444 e. The smallest absolute Gasteiger partial charge is 0.408 e. The number of nitrogens with one attached hydrogen (secondary N) is 3. The van der Waals surface area contributed by atoms with Crippen molar-refractivity contribution < 1.29 is 9.53 Å². The topological polar surface area (TPSA) is 92.0 Å². The van der Waals surface area contributed by atoms with Gasteiger partial charge in [0.25, 0.3) is 0 Å². The van der Waals surface area contributed by atoms with Crippen molar-refractivity contribution in [2.45, 2.75) is 66.0 Å². The Morgan fingerprint density at radius 1 is 1.23 bits per heavy atom. The molecule has 0 saturated heterocycles. The van der Waals surface area contributed by atoms with Crippen LogP contribution in [0.4, 0.5) is 4.79 Å². The molecule has 2 rings (SSSR count). The van der Waals surface area contributed by atoms with Crippen molar-refractivity contribution >= 4 is 41.7 Å². The molecule has 2 heterocycles. The zero-order valence-electron chi connectivity index (χ0n) is 19.7. The molecule has 8 nitrogen and oxygen atoms in total. The van der Waals surface area contributed by atoms with Gasteiger partial charge in [-0.25, -0.2) is 9.78 Å². The summed E-state index contributed by atoms with van der Waals surface area (Å²) in [6.07, 6.45) is 4.41. The number of amides is 1. The average Bonchev–Trinajstić information content (AvgIpc) is 3.02. The molecule has 0 radical (unpaired) electrons. The Bertz CT molecular complexity index is 886. The van der Waals surface area contributed by atoms with E-state index >= 15 is 0 Å². The molecule has 0 aliphatic heterocycles. The third kappa shape index (κ3) is 9.32. The fraction of sp³-hybridized carbons (Fsp3) is 0.591. The fourth-order valence-electron chi connectivity index (χ4n) is 2.87. The molecule has 2 aromatic rings. The minimum absolute atomic E-state index is 0. The maximum atomic E-state index is 12.0. The quantitative estimate of drug-likeness (QED) is 0.281. The van der Waals surface area contributed by atoms with Crippen LogP contribution in [-0.4, -0.2) is 52.2 Å². The number of carbonyl (C=O) groups excluding carboxylic acids is 1. The molecular weight excluding hydrogens is 507 g/mol. The van der Waals surface area contributed by atoms with E-state index in [1.165, 1.54) is 0 Å². The molecule has 0 atom stereocenters. The lowest BCUT2D eigenvalue weighted by Crippen LogP contribution is -2.49. The van der Waals surface area contributed by atoms with Gasteiger partial charge in [0.15, 0.2) is 5.96 Å². The van der Waals surface area contributed by atoms with Crippen molar-refractivity contribution in [3.8, 4) is 0 Å². The Hall–Kier alpha value is -2.04. The molecule has 0 bridgehead atoms. The van der Waals surface area contributed by atoms with Gasteiger partial charge in [-0.05, 0) is 60.1 Å². The zero-order chi connectivity index (χ0) is 22.4. The Morgan fingerprint density at radius 3 is 2.55 bits per heavy atom. The second kappa shape index (κ2) is 11.5. The molecule has 1 amide bonds. The lowest BCUT2D eigenvalue weighted by atomic mass is 10.1. The summed E-state index contributed by atoms with van der Waals surface area (Å²) >= 11 is 0. The summed E-state index contributed by atoms with van der Waals surface area (Å²) in [4.78, 5) is 21.4. The van der Waals surface area contributed by atoms with Crippen LogP contribution in [0.25, 0.3) is 5.65 Å². The summed E-state index contributed by atoms with van der Waals surface area (Å²) in [5, 5.41) is 9.45. The number of halogens is 1. The first kappa shape index (κ1) is 27.0. The van der Waals surface area contributed by atoms with E-state index < -0.39 is 17.2 Å². The number of carbonyl (C=O) groups is 1. The highest BCUT2D eigenvalue weighted by atomic mass is 127.